The van der Waals surface area contributed by atoms with Crippen LogP contribution in [0.5, 0.6) is 17.2 Å². The van der Waals surface area contributed by atoms with Crippen LogP contribution in [0.1, 0.15) is 43.9 Å². The third-order valence-electron chi connectivity index (χ3n) is 6.32. The minimum Gasteiger partial charge on any atom is -0.507 e. The molecule has 9 heteroatoms. The minimum absolute atomic E-state index is 0.0347. The van der Waals surface area contributed by atoms with Gasteiger partial charge in [0.2, 0.25) is 0 Å². The van der Waals surface area contributed by atoms with Gasteiger partial charge in [-0.25, -0.2) is 4.98 Å². The van der Waals surface area contributed by atoms with Gasteiger partial charge in [0.25, 0.3) is 11.7 Å². The summed E-state index contributed by atoms with van der Waals surface area (Å²) in [6.07, 6.45) is 6.68. The Morgan fingerprint density at radius 2 is 1.82 bits per heavy atom. The largest absolute Gasteiger partial charge is 0.507 e. The molecule has 1 amide bonds. The fraction of sp³-hybridized carbons (Fsp3) is 0.345. The van der Waals surface area contributed by atoms with Crippen LogP contribution in [-0.4, -0.2) is 58.1 Å². The zero-order valence-corrected chi connectivity index (χ0v) is 21.9. The zero-order valence-electron chi connectivity index (χ0n) is 21.9. The third-order valence-corrected chi connectivity index (χ3v) is 6.32. The highest BCUT2D eigenvalue weighted by Crippen LogP contribution is 2.42. The number of imidazole rings is 1. The number of ether oxygens (including phenoxy) is 3. The van der Waals surface area contributed by atoms with Crippen LogP contribution in [0.3, 0.4) is 0 Å². The van der Waals surface area contributed by atoms with E-state index in [1.54, 1.807) is 56.0 Å². The molecule has 38 heavy (non-hydrogen) atoms. The fourth-order valence-corrected chi connectivity index (χ4v) is 4.50. The number of aliphatic hydroxyl groups is 1. The number of methoxy groups -OCH3 is 1. The maximum absolute atomic E-state index is 13.3. The van der Waals surface area contributed by atoms with Crippen molar-refractivity contribution in [1.29, 1.82) is 0 Å². The Morgan fingerprint density at radius 1 is 1.03 bits per heavy atom. The Labute approximate surface area is 222 Å². The van der Waals surface area contributed by atoms with Crippen LogP contribution in [0.4, 0.5) is 0 Å². The summed E-state index contributed by atoms with van der Waals surface area (Å²) in [5.74, 6) is 0.103. The number of Topliss-reactive ketones (excluding diaryl/α,β-unsaturated/α-hetero) is 1. The number of likely N-dealkylation sites (tertiary alicyclic amines) is 1. The van der Waals surface area contributed by atoms with E-state index in [1.807, 2.05) is 30.7 Å². The first-order valence-corrected chi connectivity index (χ1v) is 12.8. The molecule has 1 aromatic heterocycles. The lowest BCUT2D eigenvalue weighted by Gasteiger charge is -2.26. The average Bonchev–Trinajstić information content (AvgIpc) is 3.54. The summed E-state index contributed by atoms with van der Waals surface area (Å²) in [7, 11) is 1.55. The molecule has 1 atom stereocenters. The van der Waals surface area contributed by atoms with Crippen LogP contribution < -0.4 is 14.2 Å². The second kappa shape index (κ2) is 12.3. The van der Waals surface area contributed by atoms with Crippen molar-refractivity contribution in [2.24, 2.45) is 0 Å². The molecular weight excluding hydrogens is 486 g/mol. The summed E-state index contributed by atoms with van der Waals surface area (Å²) >= 11 is 0. The van der Waals surface area contributed by atoms with Gasteiger partial charge < -0.3 is 28.8 Å². The van der Waals surface area contributed by atoms with E-state index in [0.717, 1.165) is 6.42 Å². The van der Waals surface area contributed by atoms with Gasteiger partial charge in [0.15, 0.2) is 11.5 Å². The Kier molecular flexibility index (Phi) is 8.68. The Hall–Kier alpha value is -4.27. The predicted molar refractivity (Wildman–Crippen MR) is 142 cm³/mol. The van der Waals surface area contributed by atoms with Gasteiger partial charge in [0, 0.05) is 31.0 Å². The lowest BCUT2D eigenvalue weighted by Crippen LogP contribution is -2.31. The number of hydrogen-bond donors (Lipinski definition) is 1. The topological polar surface area (TPSA) is 103 Å². The molecule has 3 aromatic rings. The Balaban J connectivity index is 1.76. The number of benzene rings is 2. The second-order valence-corrected chi connectivity index (χ2v) is 8.86. The third kappa shape index (κ3) is 5.66. The first-order chi connectivity index (χ1) is 18.5. The molecule has 0 spiro atoms. The summed E-state index contributed by atoms with van der Waals surface area (Å²) in [6, 6.07) is 11.3. The lowest BCUT2D eigenvalue weighted by atomic mass is 9.95. The molecule has 9 nitrogen and oxygen atoms in total. The molecule has 0 radical (unpaired) electrons. The van der Waals surface area contributed by atoms with E-state index in [2.05, 4.69) is 4.98 Å². The number of hydrogen-bond acceptors (Lipinski definition) is 7. The molecule has 200 valence electrons. The highest BCUT2D eigenvalue weighted by molar-refractivity contribution is 6.46. The summed E-state index contributed by atoms with van der Waals surface area (Å²) in [5.41, 5.74) is 1.10. The number of rotatable bonds is 12. The molecule has 0 aliphatic carbocycles. The number of nitrogens with zero attached hydrogens (tertiary/aromatic N) is 3. The molecule has 0 saturated carbocycles. The van der Waals surface area contributed by atoms with Crippen LogP contribution in [0, 0.1) is 0 Å². The first-order valence-electron chi connectivity index (χ1n) is 12.8. The fourth-order valence-electron chi connectivity index (χ4n) is 4.50. The van der Waals surface area contributed by atoms with Crippen molar-refractivity contribution in [3.05, 3.63) is 77.9 Å². The van der Waals surface area contributed by atoms with E-state index in [-0.39, 0.29) is 11.3 Å². The van der Waals surface area contributed by atoms with Gasteiger partial charge in [0.1, 0.15) is 11.5 Å². The highest BCUT2D eigenvalue weighted by Gasteiger charge is 2.46. The van der Waals surface area contributed by atoms with Crippen molar-refractivity contribution in [1.82, 2.24) is 14.5 Å². The van der Waals surface area contributed by atoms with Crippen LogP contribution in [-0.2, 0) is 16.1 Å². The van der Waals surface area contributed by atoms with E-state index < -0.39 is 17.7 Å². The van der Waals surface area contributed by atoms with Gasteiger partial charge in [0.05, 0.1) is 38.3 Å². The summed E-state index contributed by atoms with van der Waals surface area (Å²) in [5, 5.41) is 11.3. The molecule has 0 bridgehead atoms. The van der Waals surface area contributed by atoms with E-state index in [0.29, 0.717) is 61.1 Å². The van der Waals surface area contributed by atoms with Crippen molar-refractivity contribution in [2.45, 2.75) is 39.3 Å². The number of carbonyl (C=O) groups excluding carboxylic acids is 2. The molecule has 4 rings (SSSR count). The number of ketones is 1. The summed E-state index contributed by atoms with van der Waals surface area (Å²) in [6.45, 7) is 5.78. The lowest BCUT2D eigenvalue weighted by molar-refractivity contribution is -0.139. The molecule has 1 N–H and O–H groups in total. The molecule has 1 saturated heterocycles. The van der Waals surface area contributed by atoms with E-state index in [4.69, 9.17) is 14.2 Å². The highest BCUT2D eigenvalue weighted by atomic mass is 16.5. The smallest absolute Gasteiger partial charge is 0.295 e. The van der Waals surface area contributed by atoms with Crippen molar-refractivity contribution in [2.75, 3.05) is 26.9 Å². The molecule has 2 heterocycles. The molecule has 1 aliphatic heterocycles. The number of aliphatic hydroxyl groups excluding tert-OH is 1. The number of aryl methyl sites for hydroxylation is 1. The van der Waals surface area contributed by atoms with Crippen molar-refractivity contribution in [3.63, 3.8) is 0 Å². The van der Waals surface area contributed by atoms with Crippen LogP contribution in [0.2, 0.25) is 0 Å². The van der Waals surface area contributed by atoms with Gasteiger partial charge in [-0.15, -0.1) is 0 Å². The van der Waals surface area contributed by atoms with Crippen LogP contribution >= 0.6 is 0 Å². The second-order valence-electron chi connectivity index (χ2n) is 8.86. The normalized spacial score (nSPS) is 16.6. The molecule has 1 unspecified atom stereocenters. The zero-order chi connectivity index (χ0) is 27.1. The maximum atomic E-state index is 13.3. The standard InChI is InChI=1S/C29H33N3O6/c1-4-17-38-23-12-9-21(18-24(23)37-5-2)26-25(27(33)20-7-10-22(36-3)11-8-20)28(34)29(35)32(26)15-6-14-31-16-13-30-19-31/h7-13,16,18-19,26,33H,4-6,14-15,17H2,1-3H3. The molecule has 2 aromatic carbocycles. The number of aromatic nitrogens is 2. The molecule has 1 aliphatic rings. The number of amides is 1. The monoisotopic (exact) mass is 519 g/mol. The van der Waals surface area contributed by atoms with Crippen LogP contribution in [0.15, 0.2) is 66.8 Å². The first kappa shape index (κ1) is 26.8. The van der Waals surface area contributed by atoms with E-state index in [9.17, 15) is 14.7 Å². The van der Waals surface area contributed by atoms with Crippen molar-refractivity contribution < 1.29 is 28.9 Å². The SMILES string of the molecule is CCCOc1ccc(C2C(=C(O)c3ccc(OC)cc3)C(=O)C(=O)N2CCCn2ccnc2)cc1OCC. The Bertz CT molecular complexity index is 1280. The average molecular weight is 520 g/mol. The minimum atomic E-state index is -0.792. The maximum Gasteiger partial charge on any atom is 0.295 e. The van der Waals surface area contributed by atoms with Crippen molar-refractivity contribution in [3.8, 4) is 17.2 Å². The van der Waals surface area contributed by atoms with Gasteiger partial charge in [-0.05, 0) is 61.7 Å². The quantitative estimate of drug-likeness (QED) is 0.212. The summed E-state index contributed by atoms with van der Waals surface area (Å²) in [4.78, 5) is 32.2. The van der Waals surface area contributed by atoms with Crippen molar-refractivity contribution >= 4 is 17.4 Å². The summed E-state index contributed by atoms with van der Waals surface area (Å²) < 4.78 is 18.8. The molecule has 1 fully saturated rings. The molecular formula is C29H33N3O6. The van der Waals surface area contributed by atoms with Gasteiger partial charge in [-0.2, -0.15) is 0 Å². The van der Waals surface area contributed by atoms with Gasteiger partial charge in [-0.1, -0.05) is 13.0 Å². The van der Waals surface area contributed by atoms with Gasteiger partial charge in [-0.3, -0.25) is 9.59 Å². The van der Waals surface area contributed by atoms with Crippen LogP contribution in [0.25, 0.3) is 5.76 Å². The predicted octanol–water partition coefficient (Wildman–Crippen LogP) is 4.59. The van der Waals surface area contributed by atoms with Gasteiger partial charge >= 0.3 is 0 Å². The van der Waals surface area contributed by atoms with E-state index >= 15 is 0 Å². The number of carbonyl (C=O) groups is 2. The Morgan fingerprint density at radius 3 is 2.47 bits per heavy atom. The van der Waals surface area contributed by atoms with E-state index in [1.165, 1.54) is 4.90 Å².